The van der Waals surface area contributed by atoms with Gasteiger partial charge in [-0.2, -0.15) is 0 Å². The molecule has 1 aromatic heterocycles. The van der Waals surface area contributed by atoms with Gasteiger partial charge in [-0.05, 0) is 36.2 Å². The third kappa shape index (κ3) is 6.98. The quantitative estimate of drug-likeness (QED) is 0.614. The highest BCUT2D eigenvalue weighted by Gasteiger charge is 2.22. The van der Waals surface area contributed by atoms with E-state index in [1.54, 1.807) is 23.1 Å². The first kappa shape index (κ1) is 24.1. The van der Waals surface area contributed by atoms with Crippen molar-refractivity contribution >= 4 is 29.3 Å². The number of hydrogen-bond donors (Lipinski definition) is 2. The van der Waals surface area contributed by atoms with Crippen molar-refractivity contribution in [3.63, 3.8) is 0 Å². The summed E-state index contributed by atoms with van der Waals surface area (Å²) in [5.41, 5.74) is 1.56. The molecule has 1 aromatic carbocycles. The van der Waals surface area contributed by atoms with Crippen LogP contribution < -0.4 is 10.6 Å². The zero-order valence-corrected chi connectivity index (χ0v) is 18.8. The molecule has 2 heterocycles. The summed E-state index contributed by atoms with van der Waals surface area (Å²) in [5.74, 6) is -0.731. The molecule has 9 nitrogen and oxygen atoms in total. The van der Waals surface area contributed by atoms with Crippen molar-refractivity contribution in [2.45, 2.75) is 26.8 Å². The first-order valence-electron chi connectivity index (χ1n) is 10.8. The Morgan fingerprint density at radius 1 is 1.09 bits per heavy atom. The Balaban J connectivity index is 1.53. The van der Waals surface area contributed by atoms with Crippen LogP contribution in [0.1, 0.15) is 36.3 Å². The van der Waals surface area contributed by atoms with Crippen molar-refractivity contribution in [1.82, 2.24) is 14.8 Å². The van der Waals surface area contributed by atoms with E-state index >= 15 is 0 Å². The van der Waals surface area contributed by atoms with Crippen LogP contribution in [0.5, 0.6) is 0 Å². The molecule has 10 heteroatoms. The molecule has 0 spiro atoms. The molecule has 176 valence electrons. The lowest BCUT2D eigenvalue weighted by Gasteiger charge is -2.34. The van der Waals surface area contributed by atoms with Gasteiger partial charge in [0.25, 0.3) is 0 Å². The molecule has 0 atom stereocenters. The van der Waals surface area contributed by atoms with Gasteiger partial charge in [0.2, 0.25) is 0 Å². The zero-order chi connectivity index (χ0) is 23.8. The Bertz CT molecular complexity index is 991. The van der Waals surface area contributed by atoms with Crippen molar-refractivity contribution in [3.05, 3.63) is 53.6 Å². The number of pyridine rings is 1. The number of rotatable bonds is 7. The fraction of sp³-hybridized carbons (Fsp3) is 0.391. The second kappa shape index (κ2) is 11.4. The van der Waals surface area contributed by atoms with Gasteiger partial charge in [-0.3, -0.25) is 14.7 Å². The van der Waals surface area contributed by atoms with Crippen LogP contribution in [0.3, 0.4) is 0 Å². The molecule has 0 bridgehead atoms. The number of anilines is 2. The molecule has 3 rings (SSSR count). The number of carbonyl (C=O) groups is 3. The molecule has 0 aliphatic carbocycles. The molecule has 1 aliphatic rings. The first-order valence-corrected chi connectivity index (χ1v) is 10.8. The largest absolute Gasteiger partial charge is 0.449 e. The summed E-state index contributed by atoms with van der Waals surface area (Å²) in [5, 5.41) is 5.07. The summed E-state index contributed by atoms with van der Waals surface area (Å²) in [6.45, 7) is 6.80. The number of nitrogens with zero attached hydrogens (tertiary/aromatic N) is 3. The average Bonchev–Trinajstić information content (AvgIpc) is 2.80. The molecular weight excluding hydrogens is 429 g/mol. The standard InChI is InChI=1S/C23H28FN5O4/c1-3-12-33-23(32)29-10-8-28(9-11-29)15-17-4-6-19(24)21(13-17)27-22(31)26-18-5-7-20(16(2)30)25-14-18/h4-7,13-14H,3,8-12,15H2,1-2H3,(H2,26,27,31). The minimum Gasteiger partial charge on any atom is -0.449 e. The second-order valence-corrected chi connectivity index (χ2v) is 7.76. The van der Waals surface area contributed by atoms with Crippen molar-refractivity contribution in [2.75, 3.05) is 43.4 Å². The monoisotopic (exact) mass is 457 g/mol. The number of benzene rings is 1. The molecule has 3 amide bonds. The van der Waals surface area contributed by atoms with Crippen molar-refractivity contribution in [2.24, 2.45) is 0 Å². The van der Waals surface area contributed by atoms with Crippen LogP contribution in [-0.4, -0.2) is 65.5 Å². The number of amides is 3. The van der Waals surface area contributed by atoms with Crippen LogP contribution in [0.15, 0.2) is 36.5 Å². The number of ketones is 1. The van der Waals surface area contributed by atoms with Gasteiger partial charge in [0, 0.05) is 39.6 Å². The highest BCUT2D eigenvalue weighted by Crippen LogP contribution is 2.19. The maximum atomic E-state index is 14.3. The molecular formula is C23H28FN5O4. The van der Waals surface area contributed by atoms with E-state index in [4.69, 9.17) is 4.74 Å². The Kier molecular flexibility index (Phi) is 8.31. The number of ether oxygens (including phenoxy) is 1. The van der Waals surface area contributed by atoms with Crippen molar-refractivity contribution in [1.29, 1.82) is 0 Å². The molecule has 2 N–H and O–H groups in total. The number of nitrogens with one attached hydrogen (secondary N) is 2. The third-order valence-corrected chi connectivity index (χ3v) is 5.13. The molecule has 1 aliphatic heterocycles. The van der Waals surface area contributed by atoms with Gasteiger partial charge >= 0.3 is 12.1 Å². The lowest BCUT2D eigenvalue weighted by molar-refractivity contribution is 0.0746. The van der Waals surface area contributed by atoms with Gasteiger partial charge in [0.05, 0.1) is 24.2 Å². The van der Waals surface area contributed by atoms with Gasteiger partial charge in [0.15, 0.2) is 5.78 Å². The molecule has 2 aromatic rings. The van der Waals surface area contributed by atoms with Crippen LogP contribution in [0, 0.1) is 5.82 Å². The number of hydrogen-bond acceptors (Lipinski definition) is 6. The SMILES string of the molecule is CCCOC(=O)N1CCN(Cc2ccc(F)c(NC(=O)Nc3ccc(C(C)=O)nc3)c2)CC1. The second-order valence-electron chi connectivity index (χ2n) is 7.76. The number of halogens is 1. The first-order chi connectivity index (χ1) is 15.9. The molecule has 0 radical (unpaired) electrons. The summed E-state index contributed by atoms with van der Waals surface area (Å²) in [6.07, 6.45) is 1.86. The van der Waals surface area contributed by atoms with E-state index in [1.807, 2.05) is 6.92 Å². The van der Waals surface area contributed by atoms with Gasteiger partial charge in [-0.15, -0.1) is 0 Å². The van der Waals surface area contributed by atoms with Gasteiger partial charge in [-0.25, -0.2) is 14.0 Å². The summed E-state index contributed by atoms with van der Waals surface area (Å²) in [4.78, 5) is 43.3. The Labute approximate surface area is 191 Å². The predicted molar refractivity (Wildman–Crippen MR) is 122 cm³/mol. The lowest BCUT2D eigenvalue weighted by atomic mass is 10.1. The van der Waals surface area contributed by atoms with E-state index in [0.29, 0.717) is 50.7 Å². The van der Waals surface area contributed by atoms with E-state index in [0.717, 1.165) is 12.0 Å². The molecule has 33 heavy (non-hydrogen) atoms. The number of urea groups is 1. The molecule has 0 saturated carbocycles. The maximum Gasteiger partial charge on any atom is 0.409 e. The van der Waals surface area contributed by atoms with Gasteiger partial charge < -0.3 is 20.3 Å². The number of carbonyl (C=O) groups excluding carboxylic acids is 3. The number of aromatic nitrogens is 1. The molecule has 1 fully saturated rings. The summed E-state index contributed by atoms with van der Waals surface area (Å²) in [6, 6.07) is 7.00. The Hall–Kier alpha value is -3.53. The fourth-order valence-corrected chi connectivity index (χ4v) is 3.35. The van der Waals surface area contributed by atoms with Crippen molar-refractivity contribution < 1.29 is 23.5 Å². The van der Waals surface area contributed by atoms with E-state index in [2.05, 4.69) is 20.5 Å². The highest BCUT2D eigenvalue weighted by atomic mass is 19.1. The van der Waals surface area contributed by atoms with Crippen LogP contribution in [0.25, 0.3) is 0 Å². The minimum atomic E-state index is -0.623. The van der Waals surface area contributed by atoms with Crippen LogP contribution in [0.2, 0.25) is 0 Å². The van der Waals surface area contributed by atoms with Crippen LogP contribution in [0.4, 0.5) is 25.4 Å². The summed E-state index contributed by atoms with van der Waals surface area (Å²) < 4.78 is 19.4. The third-order valence-electron chi connectivity index (χ3n) is 5.13. The van der Waals surface area contributed by atoms with E-state index in [-0.39, 0.29) is 17.6 Å². The van der Waals surface area contributed by atoms with Gasteiger partial charge in [-0.1, -0.05) is 13.0 Å². The maximum absolute atomic E-state index is 14.3. The van der Waals surface area contributed by atoms with E-state index in [9.17, 15) is 18.8 Å². The van der Waals surface area contributed by atoms with E-state index < -0.39 is 11.8 Å². The Morgan fingerprint density at radius 3 is 2.48 bits per heavy atom. The summed E-state index contributed by atoms with van der Waals surface area (Å²) in [7, 11) is 0. The predicted octanol–water partition coefficient (Wildman–Crippen LogP) is 3.73. The average molecular weight is 458 g/mol. The minimum absolute atomic E-state index is 0.0556. The number of piperazine rings is 1. The van der Waals surface area contributed by atoms with Crippen molar-refractivity contribution in [3.8, 4) is 0 Å². The van der Waals surface area contributed by atoms with E-state index in [1.165, 1.54) is 25.3 Å². The lowest BCUT2D eigenvalue weighted by Crippen LogP contribution is -2.48. The summed E-state index contributed by atoms with van der Waals surface area (Å²) >= 11 is 0. The van der Waals surface area contributed by atoms with Gasteiger partial charge in [0.1, 0.15) is 11.5 Å². The molecule has 0 unspecified atom stereocenters. The smallest absolute Gasteiger partial charge is 0.409 e. The highest BCUT2D eigenvalue weighted by molar-refractivity contribution is 6.00. The van der Waals surface area contributed by atoms with Crippen LogP contribution in [-0.2, 0) is 11.3 Å². The van der Waals surface area contributed by atoms with Crippen LogP contribution >= 0.6 is 0 Å². The number of Topliss-reactive ketones (excluding diaryl/α,β-unsaturated/α-hetero) is 1. The fourth-order valence-electron chi connectivity index (χ4n) is 3.35. The zero-order valence-electron chi connectivity index (χ0n) is 18.8. The normalized spacial score (nSPS) is 14.0. The topological polar surface area (TPSA) is 104 Å². The molecule has 1 saturated heterocycles. The Morgan fingerprint density at radius 2 is 1.85 bits per heavy atom.